The molecule has 0 N–H and O–H groups in total. The molecular weight excluding hydrogens is 320 g/mol. The molecule has 3 rings (SSSR count). The third-order valence-electron chi connectivity index (χ3n) is 4.57. The first-order valence-electron chi connectivity index (χ1n) is 8.96. The molecule has 1 fully saturated rings. The van der Waals surface area contributed by atoms with Gasteiger partial charge in [-0.05, 0) is 18.8 Å². The van der Waals surface area contributed by atoms with Crippen LogP contribution in [0.3, 0.4) is 0 Å². The number of amides is 1. The molecule has 1 atom stereocenters. The number of aryl methyl sites for hydroxylation is 2. The second kappa shape index (κ2) is 7.76. The van der Waals surface area contributed by atoms with Crippen molar-refractivity contribution < 1.29 is 9.32 Å². The summed E-state index contributed by atoms with van der Waals surface area (Å²) in [4.78, 5) is 19.0. The number of aromatic nitrogens is 5. The van der Waals surface area contributed by atoms with Crippen molar-refractivity contribution in [1.82, 2.24) is 29.8 Å². The lowest BCUT2D eigenvalue weighted by atomic mass is 9.97. The minimum Gasteiger partial charge on any atom is -0.342 e. The van der Waals surface area contributed by atoms with E-state index in [1.807, 2.05) is 16.5 Å². The van der Waals surface area contributed by atoms with Crippen LogP contribution in [0.1, 0.15) is 56.6 Å². The summed E-state index contributed by atoms with van der Waals surface area (Å²) in [5.74, 6) is 3.04. The Hall–Kier alpha value is -2.25. The monoisotopic (exact) mass is 346 g/mol. The summed E-state index contributed by atoms with van der Waals surface area (Å²) in [6.45, 7) is 5.71. The maximum atomic E-state index is 12.5. The fraction of sp³-hybridized carbons (Fsp3) is 0.706. The number of likely N-dealkylation sites (tertiary alicyclic amines) is 1. The van der Waals surface area contributed by atoms with Gasteiger partial charge < -0.3 is 14.0 Å². The molecule has 0 aliphatic carbocycles. The van der Waals surface area contributed by atoms with E-state index in [9.17, 15) is 4.79 Å². The molecule has 2 aromatic heterocycles. The molecule has 1 aliphatic heterocycles. The molecule has 1 saturated heterocycles. The van der Waals surface area contributed by atoms with Crippen LogP contribution >= 0.6 is 0 Å². The molecule has 0 saturated carbocycles. The van der Waals surface area contributed by atoms with Crippen LogP contribution in [0.4, 0.5) is 0 Å². The van der Waals surface area contributed by atoms with Crippen LogP contribution in [0.25, 0.3) is 0 Å². The number of carbonyl (C=O) groups is 1. The van der Waals surface area contributed by atoms with Gasteiger partial charge >= 0.3 is 0 Å². The first kappa shape index (κ1) is 17.6. The zero-order chi connectivity index (χ0) is 17.8. The average molecular weight is 346 g/mol. The fourth-order valence-electron chi connectivity index (χ4n) is 3.20. The number of rotatable bonds is 6. The third-order valence-corrected chi connectivity index (χ3v) is 4.57. The molecule has 0 bridgehead atoms. The van der Waals surface area contributed by atoms with Gasteiger partial charge in [0.1, 0.15) is 12.2 Å². The molecule has 0 spiro atoms. The molecule has 1 unspecified atom stereocenters. The molecule has 0 aromatic carbocycles. The highest BCUT2D eigenvalue weighted by Gasteiger charge is 2.28. The van der Waals surface area contributed by atoms with Crippen LogP contribution in [0.5, 0.6) is 0 Å². The van der Waals surface area contributed by atoms with E-state index >= 15 is 0 Å². The van der Waals surface area contributed by atoms with Gasteiger partial charge in [0.25, 0.3) is 0 Å². The number of carbonyl (C=O) groups excluding carboxylic acids is 1. The van der Waals surface area contributed by atoms with E-state index in [1.165, 1.54) is 0 Å². The van der Waals surface area contributed by atoms with Crippen molar-refractivity contribution in [2.75, 3.05) is 13.1 Å². The van der Waals surface area contributed by atoms with Gasteiger partial charge in [0, 0.05) is 39.4 Å². The van der Waals surface area contributed by atoms with Crippen molar-refractivity contribution in [3.05, 3.63) is 23.9 Å². The summed E-state index contributed by atoms with van der Waals surface area (Å²) >= 11 is 0. The van der Waals surface area contributed by atoms with Crippen LogP contribution in [-0.2, 0) is 24.7 Å². The summed E-state index contributed by atoms with van der Waals surface area (Å²) < 4.78 is 7.30. The molecule has 0 radical (unpaired) electrons. The summed E-state index contributed by atoms with van der Waals surface area (Å²) in [5.41, 5.74) is 0. The number of piperidine rings is 1. The Morgan fingerprint density at radius 3 is 3.00 bits per heavy atom. The van der Waals surface area contributed by atoms with Gasteiger partial charge in [-0.2, -0.15) is 4.98 Å². The Bertz CT molecular complexity index is 708. The average Bonchev–Trinajstić information content (AvgIpc) is 3.21. The molecule has 8 heteroatoms. The van der Waals surface area contributed by atoms with E-state index in [1.54, 1.807) is 6.33 Å². The Morgan fingerprint density at radius 1 is 1.44 bits per heavy atom. The maximum Gasteiger partial charge on any atom is 0.231 e. The highest BCUT2D eigenvalue weighted by atomic mass is 16.5. The fourth-order valence-corrected chi connectivity index (χ4v) is 3.20. The number of hydrogen-bond donors (Lipinski definition) is 0. The standard InChI is InChI=1S/C17H26N6O2/c1-12(2)9-14-19-17(25-21-14)13-5-4-8-23(10-13)16(24)7-6-15-20-18-11-22(15)3/h11-13H,4-10H2,1-3H3. The summed E-state index contributed by atoms with van der Waals surface area (Å²) in [6.07, 6.45) is 5.47. The van der Waals surface area contributed by atoms with Gasteiger partial charge in [-0.1, -0.05) is 19.0 Å². The van der Waals surface area contributed by atoms with Crippen LogP contribution in [0.15, 0.2) is 10.9 Å². The number of nitrogens with zero attached hydrogens (tertiary/aromatic N) is 6. The smallest absolute Gasteiger partial charge is 0.231 e. The van der Waals surface area contributed by atoms with Crippen LogP contribution in [0.2, 0.25) is 0 Å². The Balaban J connectivity index is 1.56. The molecule has 1 aliphatic rings. The van der Waals surface area contributed by atoms with E-state index in [2.05, 4.69) is 34.2 Å². The Labute approximate surface area is 147 Å². The first-order chi connectivity index (χ1) is 12.0. The Kier molecular flexibility index (Phi) is 5.45. The predicted octanol–water partition coefficient (Wildman–Crippen LogP) is 1.74. The van der Waals surface area contributed by atoms with Crippen LogP contribution in [0, 0.1) is 5.92 Å². The van der Waals surface area contributed by atoms with Crippen molar-refractivity contribution in [2.45, 2.75) is 51.9 Å². The topological polar surface area (TPSA) is 89.9 Å². The van der Waals surface area contributed by atoms with E-state index in [0.717, 1.165) is 37.5 Å². The SMILES string of the molecule is CC(C)Cc1noc(C2CCCN(C(=O)CCc3nncn3C)C2)n1. The normalized spacial score (nSPS) is 18.1. The van der Waals surface area contributed by atoms with Gasteiger partial charge in [-0.25, -0.2) is 0 Å². The molecule has 25 heavy (non-hydrogen) atoms. The summed E-state index contributed by atoms with van der Waals surface area (Å²) in [7, 11) is 1.89. The van der Waals surface area contributed by atoms with Gasteiger partial charge in [0.15, 0.2) is 5.82 Å². The lowest BCUT2D eigenvalue weighted by Gasteiger charge is -2.31. The second-order valence-electron chi connectivity index (χ2n) is 7.18. The number of hydrogen-bond acceptors (Lipinski definition) is 6. The minimum atomic E-state index is 0.140. The van der Waals surface area contributed by atoms with Crippen molar-refractivity contribution in [1.29, 1.82) is 0 Å². The predicted molar refractivity (Wildman–Crippen MR) is 90.7 cm³/mol. The zero-order valence-corrected chi connectivity index (χ0v) is 15.2. The molecular formula is C17H26N6O2. The van der Waals surface area contributed by atoms with E-state index in [-0.39, 0.29) is 11.8 Å². The summed E-state index contributed by atoms with van der Waals surface area (Å²) in [6, 6.07) is 0. The second-order valence-corrected chi connectivity index (χ2v) is 7.18. The zero-order valence-electron chi connectivity index (χ0n) is 15.2. The van der Waals surface area contributed by atoms with E-state index < -0.39 is 0 Å². The molecule has 136 valence electrons. The molecule has 1 amide bonds. The lowest BCUT2D eigenvalue weighted by Crippen LogP contribution is -2.39. The highest BCUT2D eigenvalue weighted by Crippen LogP contribution is 2.26. The maximum absolute atomic E-state index is 12.5. The molecule has 8 nitrogen and oxygen atoms in total. The lowest BCUT2D eigenvalue weighted by molar-refractivity contribution is -0.132. The Morgan fingerprint density at radius 2 is 2.28 bits per heavy atom. The molecule has 3 heterocycles. The van der Waals surface area contributed by atoms with Crippen LogP contribution in [-0.4, -0.2) is 48.8 Å². The van der Waals surface area contributed by atoms with E-state index in [0.29, 0.717) is 31.2 Å². The quantitative estimate of drug-likeness (QED) is 0.791. The van der Waals surface area contributed by atoms with Crippen molar-refractivity contribution in [3.63, 3.8) is 0 Å². The van der Waals surface area contributed by atoms with Gasteiger partial charge in [0.05, 0.1) is 5.92 Å². The largest absolute Gasteiger partial charge is 0.342 e. The van der Waals surface area contributed by atoms with Crippen molar-refractivity contribution in [3.8, 4) is 0 Å². The van der Waals surface area contributed by atoms with E-state index in [4.69, 9.17) is 4.52 Å². The van der Waals surface area contributed by atoms with Crippen molar-refractivity contribution in [2.24, 2.45) is 13.0 Å². The summed E-state index contributed by atoms with van der Waals surface area (Å²) in [5, 5.41) is 12.0. The third kappa shape index (κ3) is 4.43. The minimum absolute atomic E-state index is 0.140. The highest BCUT2D eigenvalue weighted by molar-refractivity contribution is 5.76. The van der Waals surface area contributed by atoms with Crippen LogP contribution < -0.4 is 0 Å². The van der Waals surface area contributed by atoms with Gasteiger partial charge in [-0.15, -0.1) is 10.2 Å². The van der Waals surface area contributed by atoms with Gasteiger partial charge in [-0.3, -0.25) is 4.79 Å². The van der Waals surface area contributed by atoms with Crippen molar-refractivity contribution >= 4 is 5.91 Å². The first-order valence-corrected chi connectivity index (χ1v) is 8.96. The van der Waals surface area contributed by atoms with Gasteiger partial charge in [0.2, 0.25) is 11.8 Å². The molecule has 2 aromatic rings.